The summed E-state index contributed by atoms with van der Waals surface area (Å²) in [6.07, 6.45) is -0.495. The van der Waals surface area contributed by atoms with Gasteiger partial charge in [0.15, 0.2) is 0 Å². The Morgan fingerprint density at radius 2 is 2.00 bits per heavy atom. The van der Waals surface area contributed by atoms with Crippen LogP contribution in [0.2, 0.25) is 0 Å². The fourth-order valence-corrected chi connectivity index (χ4v) is 1.87. The van der Waals surface area contributed by atoms with E-state index in [9.17, 15) is 5.11 Å². The van der Waals surface area contributed by atoms with Crippen LogP contribution in [0.1, 0.15) is 6.92 Å². The molecule has 0 aliphatic carbocycles. The highest BCUT2D eigenvalue weighted by atomic mass is 32.2. The minimum Gasteiger partial charge on any atom is -0.274 e. The van der Waals surface area contributed by atoms with Gasteiger partial charge in [0.05, 0.1) is 0 Å². The lowest BCUT2D eigenvalue weighted by Crippen LogP contribution is -2.38. The molecule has 1 radical (unpaired) electrons. The van der Waals surface area contributed by atoms with E-state index in [-0.39, 0.29) is 0 Å². The monoisotopic (exact) mass is 146 g/mol. The van der Waals surface area contributed by atoms with E-state index >= 15 is 0 Å². The first-order valence-electron chi connectivity index (χ1n) is 3.28. The molecule has 1 saturated heterocycles. The molecule has 0 aromatic carbocycles. The smallest absolute Gasteiger partial charge is 0.143 e. The third kappa shape index (κ3) is 2.16. The summed E-state index contributed by atoms with van der Waals surface area (Å²) < 4.78 is 0. The zero-order valence-electron chi connectivity index (χ0n) is 5.67. The Balaban J connectivity index is 2.23. The van der Waals surface area contributed by atoms with Crippen molar-refractivity contribution in [3.8, 4) is 0 Å². The zero-order valence-corrected chi connectivity index (χ0v) is 6.49. The first-order chi connectivity index (χ1) is 4.30. The maximum Gasteiger partial charge on any atom is 0.143 e. The van der Waals surface area contributed by atoms with E-state index in [0.717, 1.165) is 24.6 Å². The molecular weight excluding hydrogens is 134 g/mol. The van der Waals surface area contributed by atoms with E-state index in [4.69, 9.17) is 0 Å². The van der Waals surface area contributed by atoms with Gasteiger partial charge in [0.2, 0.25) is 0 Å². The van der Waals surface area contributed by atoms with Gasteiger partial charge in [-0.15, -0.1) is 0 Å². The lowest BCUT2D eigenvalue weighted by atomic mass is 10.4. The SMILES string of the molecule is CC([O])N1CCSCC1. The molecule has 0 saturated carbocycles. The van der Waals surface area contributed by atoms with Crippen molar-refractivity contribution in [2.45, 2.75) is 13.2 Å². The summed E-state index contributed by atoms with van der Waals surface area (Å²) in [5.74, 6) is 2.26. The highest BCUT2D eigenvalue weighted by molar-refractivity contribution is 7.99. The van der Waals surface area contributed by atoms with Crippen molar-refractivity contribution >= 4 is 11.8 Å². The van der Waals surface area contributed by atoms with E-state index in [1.807, 2.05) is 16.7 Å². The molecule has 1 rings (SSSR count). The largest absolute Gasteiger partial charge is 0.274 e. The van der Waals surface area contributed by atoms with Crippen LogP contribution in [0.25, 0.3) is 0 Å². The second-order valence-corrected chi connectivity index (χ2v) is 3.47. The fraction of sp³-hybridized carbons (Fsp3) is 1.00. The molecule has 0 N–H and O–H groups in total. The van der Waals surface area contributed by atoms with Crippen LogP contribution in [0.3, 0.4) is 0 Å². The van der Waals surface area contributed by atoms with Crippen LogP contribution >= 0.6 is 11.8 Å². The number of hydrogen-bond acceptors (Lipinski definition) is 2. The van der Waals surface area contributed by atoms with Crippen molar-refractivity contribution in [3.05, 3.63) is 0 Å². The number of nitrogens with zero attached hydrogens (tertiary/aromatic N) is 1. The molecule has 1 fully saturated rings. The first kappa shape index (κ1) is 7.38. The highest BCUT2D eigenvalue weighted by Crippen LogP contribution is 2.10. The number of thioether (sulfide) groups is 1. The minimum atomic E-state index is -0.495. The Morgan fingerprint density at radius 3 is 2.33 bits per heavy atom. The zero-order chi connectivity index (χ0) is 6.69. The molecule has 0 spiro atoms. The van der Waals surface area contributed by atoms with Crippen LogP contribution in [0, 0.1) is 0 Å². The van der Waals surface area contributed by atoms with Gasteiger partial charge in [0.25, 0.3) is 0 Å². The predicted octanol–water partition coefficient (Wildman–Crippen LogP) is 0.812. The van der Waals surface area contributed by atoms with Crippen molar-refractivity contribution in [2.24, 2.45) is 0 Å². The van der Waals surface area contributed by atoms with Crippen LogP contribution < -0.4 is 0 Å². The third-order valence-electron chi connectivity index (χ3n) is 1.56. The normalized spacial score (nSPS) is 26.0. The van der Waals surface area contributed by atoms with E-state index < -0.39 is 6.23 Å². The summed E-state index contributed by atoms with van der Waals surface area (Å²) in [4.78, 5) is 1.98. The quantitative estimate of drug-likeness (QED) is 0.546. The van der Waals surface area contributed by atoms with Gasteiger partial charge in [-0.1, -0.05) is 0 Å². The summed E-state index contributed by atoms with van der Waals surface area (Å²) in [6, 6.07) is 0. The molecule has 9 heavy (non-hydrogen) atoms. The molecule has 0 amide bonds. The van der Waals surface area contributed by atoms with Crippen molar-refractivity contribution in [3.63, 3.8) is 0 Å². The second kappa shape index (κ2) is 3.44. The predicted molar refractivity (Wildman–Crippen MR) is 39.0 cm³/mol. The molecule has 1 aliphatic rings. The lowest BCUT2D eigenvalue weighted by Gasteiger charge is -2.27. The van der Waals surface area contributed by atoms with Gasteiger partial charge in [0.1, 0.15) is 6.23 Å². The van der Waals surface area contributed by atoms with Gasteiger partial charge in [-0.3, -0.25) is 4.90 Å². The Hall–Kier alpha value is 0.270. The van der Waals surface area contributed by atoms with E-state index in [0.29, 0.717) is 0 Å². The van der Waals surface area contributed by atoms with Gasteiger partial charge in [-0.2, -0.15) is 11.8 Å². The minimum absolute atomic E-state index is 0.495. The van der Waals surface area contributed by atoms with Crippen LogP contribution in [-0.4, -0.2) is 35.7 Å². The Kier molecular flexibility index (Phi) is 2.82. The molecular formula is C6H12NOS. The third-order valence-corrected chi connectivity index (χ3v) is 2.50. The van der Waals surface area contributed by atoms with Gasteiger partial charge in [-0.25, -0.2) is 5.11 Å². The maximum absolute atomic E-state index is 10.8. The molecule has 3 heteroatoms. The van der Waals surface area contributed by atoms with Crippen molar-refractivity contribution in [2.75, 3.05) is 24.6 Å². The van der Waals surface area contributed by atoms with Crippen LogP contribution in [0.4, 0.5) is 0 Å². The average molecular weight is 146 g/mol. The van der Waals surface area contributed by atoms with E-state index in [2.05, 4.69) is 0 Å². The van der Waals surface area contributed by atoms with Crippen molar-refractivity contribution < 1.29 is 5.11 Å². The molecule has 1 atom stereocenters. The van der Waals surface area contributed by atoms with Gasteiger partial charge in [0, 0.05) is 24.6 Å². The molecule has 2 nitrogen and oxygen atoms in total. The number of hydrogen-bond donors (Lipinski definition) is 0. The van der Waals surface area contributed by atoms with Gasteiger partial charge >= 0.3 is 0 Å². The standard InChI is InChI=1S/C6H12NOS/c1-6(8)7-2-4-9-5-3-7/h6H,2-5H2,1H3. The second-order valence-electron chi connectivity index (χ2n) is 2.25. The maximum atomic E-state index is 10.8. The highest BCUT2D eigenvalue weighted by Gasteiger charge is 2.14. The molecule has 1 unspecified atom stereocenters. The molecule has 0 aromatic rings. The van der Waals surface area contributed by atoms with E-state index in [1.165, 1.54) is 0 Å². The van der Waals surface area contributed by atoms with Gasteiger partial charge in [-0.05, 0) is 6.92 Å². The summed E-state index contributed by atoms with van der Waals surface area (Å²) >= 11 is 1.94. The molecule has 0 aromatic heterocycles. The van der Waals surface area contributed by atoms with Crippen LogP contribution in [-0.2, 0) is 5.11 Å². The summed E-state index contributed by atoms with van der Waals surface area (Å²) in [6.45, 7) is 3.68. The van der Waals surface area contributed by atoms with E-state index in [1.54, 1.807) is 6.92 Å². The van der Waals surface area contributed by atoms with Crippen molar-refractivity contribution in [1.29, 1.82) is 0 Å². The molecule has 1 aliphatic heterocycles. The number of rotatable bonds is 1. The summed E-state index contributed by atoms with van der Waals surface area (Å²) in [5.41, 5.74) is 0. The average Bonchev–Trinajstić information content (AvgIpc) is 1.90. The molecule has 53 valence electrons. The Bertz CT molecular complexity index is 81.1. The summed E-state index contributed by atoms with van der Waals surface area (Å²) in [7, 11) is 0. The summed E-state index contributed by atoms with van der Waals surface area (Å²) in [5, 5.41) is 10.8. The van der Waals surface area contributed by atoms with Gasteiger partial charge < -0.3 is 0 Å². The lowest BCUT2D eigenvalue weighted by molar-refractivity contribution is -0.0289. The fourth-order valence-electron chi connectivity index (χ4n) is 0.941. The first-order valence-corrected chi connectivity index (χ1v) is 4.44. The van der Waals surface area contributed by atoms with Crippen molar-refractivity contribution in [1.82, 2.24) is 4.90 Å². The Labute approximate surface area is 60.2 Å². The van der Waals surface area contributed by atoms with Crippen LogP contribution in [0.15, 0.2) is 0 Å². The topological polar surface area (TPSA) is 23.1 Å². The Morgan fingerprint density at radius 1 is 1.44 bits per heavy atom. The van der Waals surface area contributed by atoms with Crippen LogP contribution in [0.5, 0.6) is 0 Å². The molecule has 1 heterocycles. The molecule has 0 bridgehead atoms.